The van der Waals surface area contributed by atoms with Crippen molar-refractivity contribution in [3.8, 4) is 0 Å². The first-order chi connectivity index (χ1) is 10.6. The van der Waals surface area contributed by atoms with E-state index in [1.54, 1.807) is 0 Å². The molecule has 0 aliphatic rings. The second-order valence-electron chi connectivity index (χ2n) is 5.25. The molecule has 1 aromatic heterocycles. The van der Waals surface area contributed by atoms with Crippen LogP contribution in [0.1, 0.15) is 17.9 Å². The van der Waals surface area contributed by atoms with Crippen LogP contribution in [0.2, 0.25) is 0 Å². The Kier molecular flexibility index (Phi) is 5.61. The van der Waals surface area contributed by atoms with Crippen LogP contribution in [0.3, 0.4) is 0 Å². The molecule has 1 aromatic carbocycles. The highest BCUT2D eigenvalue weighted by Crippen LogP contribution is 2.17. The average molecular weight is 302 g/mol. The molecule has 118 valence electrons. The van der Waals surface area contributed by atoms with E-state index in [2.05, 4.69) is 5.32 Å². The number of hydrogen-bond acceptors (Lipinski definition) is 4. The number of benzene rings is 1. The third-order valence-corrected chi connectivity index (χ3v) is 3.42. The minimum absolute atomic E-state index is 0.0366. The number of likely N-dealkylation sites (N-methyl/N-ethyl adjacent to an activating group) is 1. The summed E-state index contributed by atoms with van der Waals surface area (Å²) in [6.07, 6.45) is 0.982. The van der Waals surface area contributed by atoms with Crippen LogP contribution in [-0.4, -0.2) is 31.2 Å². The van der Waals surface area contributed by atoms with Gasteiger partial charge in [-0.25, -0.2) is 0 Å². The number of amides is 1. The molecular formula is C17H22N2O3. The minimum atomic E-state index is -0.0366. The second-order valence-corrected chi connectivity index (χ2v) is 5.25. The zero-order chi connectivity index (χ0) is 15.9. The number of aliphatic hydroxyl groups is 1. The Hall–Kier alpha value is -2.27. The summed E-state index contributed by atoms with van der Waals surface area (Å²) in [6.45, 7) is 2.58. The fourth-order valence-electron chi connectivity index (χ4n) is 2.16. The maximum Gasteiger partial charge on any atom is 0.224 e. The van der Waals surface area contributed by atoms with Gasteiger partial charge in [-0.05, 0) is 43.3 Å². The van der Waals surface area contributed by atoms with Gasteiger partial charge >= 0.3 is 0 Å². The van der Waals surface area contributed by atoms with E-state index >= 15 is 0 Å². The van der Waals surface area contributed by atoms with Crippen LogP contribution in [0.25, 0.3) is 0 Å². The van der Waals surface area contributed by atoms with Gasteiger partial charge in [-0.2, -0.15) is 0 Å². The van der Waals surface area contributed by atoms with Gasteiger partial charge in [0.1, 0.15) is 11.5 Å². The molecular weight excluding hydrogens is 280 g/mol. The van der Waals surface area contributed by atoms with E-state index in [1.165, 1.54) is 0 Å². The Morgan fingerprint density at radius 2 is 1.95 bits per heavy atom. The highest BCUT2D eigenvalue weighted by Gasteiger charge is 2.06. The summed E-state index contributed by atoms with van der Waals surface area (Å²) in [4.78, 5) is 13.9. The molecule has 2 aromatic rings. The molecule has 0 radical (unpaired) electrons. The lowest BCUT2D eigenvalue weighted by atomic mass is 10.2. The molecule has 22 heavy (non-hydrogen) atoms. The van der Waals surface area contributed by atoms with Crippen molar-refractivity contribution in [3.63, 3.8) is 0 Å². The summed E-state index contributed by atoms with van der Waals surface area (Å²) in [5, 5.41) is 11.8. The van der Waals surface area contributed by atoms with Crippen LogP contribution in [0.5, 0.6) is 0 Å². The Labute approximate surface area is 130 Å². The zero-order valence-corrected chi connectivity index (χ0v) is 13.0. The van der Waals surface area contributed by atoms with Crippen molar-refractivity contribution in [2.75, 3.05) is 30.4 Å². The maximum atomic E-state index is 11.9. The van der Waals surface area contributed by atoms with E-state index in [0.29, 0.717) is 19.4 Å². The van der Waals surface area contributed by atoms with Gasteiger partial charge in [-0.1, -0.05) is 0 Å². The van der Waals surface area contributed by atoms with Crippen LogP contribution in [0.15, 0.2) is 40.8 Å². The monoisotopic (exact) mass is 302 g/mol. The van der Waals surface area contributed by atoms with Crippen LogP contribution in [0.4, 0.5) is 11.4 Å². The van der Waals surface area contributed by atoms with E-state index < -0.39 is 0 Å². The molecule has 0 aliphatic heterocycles. The van der Waals surface area contributed by atoms with Crippen LogP contribution in [-0.2, 0) is 11.2 Å². The number of nitrogens with one attached hydrogen (secondary N) is 1. The molecule has 0 spiro atoms. The number of rotatable bonds is 7. The van der Waals surface area contributed by atoms with Gasteiger partial charge < -0.3 is 19.7 Å². The van der Waals surface area contributed by atoms with Gasteiger partial charge in [-0.3, -0.25) is 4.79 Å². The maximum absolute atomic E-state index is 11.9. The lowest BCUT2D eigenvalue weighted by Gasteiger charge is -2.18. The third kappa shape index (κ3) is 4.63. The molecule has 0 aliphatic carbocycles. The van der Waals surface area contributed by atoms with Crippen molar-refractivity contribution >= 4 is 17.3 Å². The molecule has 0 fully saturated rings. The number of carbonyl (C=O) groups is 1. The number of aliphatic hydroxyl groups excluding tert-OH is 1. The van der Waals surface area contributed by atoms with Crippen LogP contribution >= 0.6 is 0 Å². The largest absolute Gasteiger partial charge is 0.466 e. The fraction of sp³-hybridized carbons (Fsp3) is 0.353. The van der Waals surface area contributed by atoms with Gasteiger partial charge in [-0.15, -0.1) is 0 Å². The van der Waals surface area contributed by atoms with Gasteiger partial charge in [0.05, 0.1) is 6.61 Å². The number of carbonyl (C=O) groups excluding carboxylic acids is 1. The van der Waals surface area contributed by atoms with Crippen LogP contribution in [0, 0.1) is 6.92 Å². The molecule has 2 rings (SSSR count). The predicted octanol–water partition coefficient (Wildman–Crippen LogP) is 2.59. The number of nitrogens with zero attached hydrogens (tertiary/aromatic N) is 1. The molecule has 2 N–H and O–H groups in total. The van der Waals surface area contributed by atoms with E-state index in [9.17, 15) is 4.79 Å². The first-order valence-corrected chi connectivity index (χ1v) is 7.35. The molecule has 1 heterocycles. The lowest BCUT2D eigenvalue weighted by Crippen LogP contribution is -2.21. The highest BCUT2D eigenvalue weighted by atomic mass is 16.3. The number of furan rings is 1. The molecule has 1 amide bonds. The van der Waals surface area contributed by atoms with Crippen molar-refractivity contribution in [1.82, 2.24) is 0 Å². The molecule has 0 bridgehead atoms. The number of anilines is 2. The fourth-order valence-corrected chi connectivity index (χ4v) is 2.16. The predicted molar refractivity (Wildman–Crippen MR) is 87.2 cm³/mol. The Bertz CT molecular complexity index is 605. The minimum Gasteiger partial charge on any atom is -0.466 e. The van der Waals surface area contributed by atoms with Gasteiger partial charge in [0.25, 0.3) is 0 Å². The molecule has 0 saturated carbocycles. The quantitative estimate of drug-likeness (QED) is 0.825. The highest BCUT2D eigenvalue weighted by molar-refractivity contribution is 5.90. The standard InChI is InChI=1S/C17H22N2O3/c1-13-3-8-16(22-13)9-10-17(21)18-14-4-6-15(7-5-14)19(2)11-12-20/h3-8,20H,9-12H2,1-2H3,(H,18,21). The third-order valence-electron chi connectivity index (χ3n) is 3.42. The normalized spacial score (nSPS) is 10.5. The number of aryl methyl sites for hydroxylation is 2. The summed E-state index contributed by atoms with van der Waals surface area (Å²) in [6, 6.07) is 11.3. The van der Waals surface area contributed by atoms with E-state index in [1.807, 2.05) is 55.3 Å². The summed E-state index contributed by atoms with van der Waals surface area (Å²) in [5.41, 5.74) is 1.76. The van der Waals surface area contributed by atoms with Crippen molar-refractivity contribution in [3.05, 3.63) is 47.9 Å². The van der Waals surface area contributed by atoms with E-state index in [-0.39, 0.29) is 12.5 Å². The number of hydrogen-bond donors (Lipinski definition) is 2. The zero-order valence-electron chi connectivity index (χ0n) is 13.0. The summed E-state index contributed by atoms with van der Waals surface area (Å²) in [5.74, 6) is 1.65. The van der Waals surface area contributed by atoms with Crippen molar-refractivity contribution < 1.29 is 14.3 Å². The first-order valence-electron chi connectivity index (χ1n) is 7.35. The van der Waals surface area contributed by atoms with Gasteiger partial charge in [0.2, 0.25) is 5.91 Å². The van der Waals surface area contributed by atoms with Gasteiger partial charge in [0.15, 0.2) is 0 Å². The van der Waals surface area contributed by atoms with Crippen LogP contribution < -0.4 is 10.2 Å². The first kappa shape index (κ1) is 16.1. The summed E-state index contributed by atoms with van der Waals surface area (Å²) < 4.78 is 5.44. The molecule has 0 atom stereocenters. The smallest absolute Gasteiger partial charge is 0.224 e. The molecule has 0 unspecified atom stereocenters. The second kappa shape index (κ2) is 7.66. The summed E-state index contributed by atoms with van der Waals surface area (Å²) >= 11 is 0. The van der Waals surface area contributed by atoms with E-state index in [4.69, 9.17) is 9.52 Å². The Morgan fingerprint density at radius 3 is 2.55 bits per heavy atom. The molecule has 5 nitrogen and oxygen atoms in total. The molecule has 0 saturated heterocycles. The average Bonchev–Trinajstić information content (AvgIpc) is 2.92. The van der Waals surface area contributed by atoms with Crippen molar-refractivity contribution in [2.24, 2.45) is 0 Å². The van der Waals surface area contributed by atoms with E-state index in [0.717, 1.165) is 22.9 Å². The molecule has 5 heteroatoms. The lowest BCUT2D eigenvalue weighted by molar-refractivity contribution is -0.116. The SMILES string of the molecule is Cc1ccc(CCC(=O)Nc2ccc(N(C)CCO)cc2)o1. The summed E-state index contributed by atoms with van der Waals surface area (Å²) in [7, 11) is 1.91. The Balaban J connectivity index is 1.83. The topological polar surface area (TPSA) is 65.7 Å². The Morgan fingerprint density at radius 1 is 1.23 bits per heavy atom. The van der Waals surface area contributed by atoms with Crippen molar-refractivity contribution in [1.29, 1.82) is 0 Å². The van der Waals surface area contributed by atoms with Crippen molar-refractivity contribution in [2.45, 2.75) is 19.8 Å². The van der Waals surface area contributed by atoms with Gasteiger partial charge in [0, 0.05) is 37.8 Å².